The van der Waals surface area contributed by atoms with E-state index in [1.54, 1.807) is 29.8 Å². The van der Waals surface area contributed by atoms with Crippen LogP contribution >= 0.6 is 22.7 Å². The third kappa shape index (κ3) is 3.60. The highest BCUT2D eigenvalue weighted by molar-refractivity contribution is 7.11. The van der Waals surface area contributed by atoms with E-state index in [0.29, 0.717) is 6.61 Å². The van der Waals surface area contributed by atoms with Gasteiger partial charge in [0.05, 0.1) is 23.5 Å². The molecule has 0 saturated heterocycles. The van der Waals surface area contributed by atoms with Crippen molar-refractivity contribution in [2.24, 2.45) is 0 Å². The third-order valence-corrected chi connectivity index (χ3v) is 4.58. The summed E-state index contributed by atoms with van der Waals surface area (Å²) in [4.78, 5) is 10.5. The summed E-state index contributed by atoms with van der Waals surface area (Å²) in [5, 5.41) is 6.64. The molecular formula is C13H19N3OS2. The Balaban J connectivity index is 2.20. The molecule has 19 heavy (non-hydrogen) atoms. The van der Waals surface area contributed by atoms with Crippen molar-refractivity contribution < 1.29 is 4.74 Å². The first-order valence-electron chi connectivity index (χ1n) is 6.32. The maximum Gasteiger partial charge on any atom is 0.116 e. The number of aromatic nitrogens is 2. The zero-order chi connectivity index (χ0) is 13.7. The van der Waals surface area contributed by atoms with Crippen LogP contribution in [0.25, 0.3) is 0 Å². The highest BCUT2D eigenvalue weighted by Gasteiger charge is 2.20. The number of aryl methyl sites for hydroxylation is 2. The fraction of sp³-hybridized carbons (Fsp3) is 0.538. The van der Waals surface area contributed by atoms with Crippen molar-refractivity contribution in [1.29, 1.82) is 0 Å². The quantitative estimate of drug-likeness (QED) is 0.798. The van der Waals surface area contributed by atoms with E-state index in [9.17, 15) is 0 Å². The molecule has 2 aromatic heterocycles. The molecule has 2 rings (SSSR count). The molecule has 0 aliphatic rings. The number of hydrogen-bond donors (Lipinski definition) is 1. The van der Waals surface area contributed by atoms with Crippen molar-refractivity contribution in [2.45, 2.75) is 26.3 Å². The van der Waals surface area contributed by atoms with Gasteiger partial charge in [-0.05, 0) is 13.3 Å². The molecule has 4 nitrogen and oxygen atoms in total. The molecule has 0 radical (unpaired) electrons. The molecule has 0 amide bonds. The smallest absolute Gasteiger partial charge is 0.116 e. The van der Waals surface area contributed by atoms with Gasteiger partial charge in [-0.15, -0.1) is 22.7 Å². The van der Waals surface area contributed by atoms with Crippen LogP contribution in [0.5, 0.6) is 0 Å². The van der Waals surface area contributed by atoms with Gasteiger partial charge in [0.1, 0.15) is 11.0 Å². The maximum absolute atomic E-state index is 5.10. The number of hydrogen-bond acceptors (Lipinski definition) is 6. The SMILES string of the molecule is CCc1nc(C(NCCOC)c2cscn2)sc1C. The molecule has 0 aromatic carbocycles. The maximum atomic E-state index is 5.10. The van der Waals surface area contributed by atoms with E-state index >= 15 is 0 Å². The fourth-order valence-corrected chi connectivity index (χ4v) is 3.57. The van der Waals surface area contributed by atoms with E-state index in [4.69, 9.17) is 9.72 Å². The number of ether oxygens (including phenoxy) is 1. The molecule has 1 unspecified atom stereocenters. The molecule has 2 aromatic rings. The normalized spacial score (nSPS) is 12.8. The Kier molecular flexibility index (Phi) is 5.45. The van der Waals surface area contributed by atoms with Crippen LogP contribution in [0.3, 0.4) is 0 Å². The summed E-state index contributed by atoms with van der Waals surface area (Å²) in [5.41, 5.74) is 4.09. The second-order valence-corrected chi connectivity index (χ2v) is 6.16. The Bertz CT molecular complexity index is 496. The zero-order valence-electron chi connectivity index (χ0n) is 11.5. The summed E-state index contributed by atoms with van der Waals surface area (Å²) in [5.74, 6) is 0. The minimum atomic E-state index is 0.0744. The van der Waals surface area contributed by atoms with Crippen molar-refractivity contribution in [2.75, 3.05) is 20.3 Å². The number of thiazole rings is 2. The number of nitrogens with one attached hydrogen (secondary N) is 1. The second-order valence-electron chi connectivity index (χ2n) is 4.20. The van der Waals surface area contributed by atoms with Crippen LogP contribution < -0.4 is 5.32 Å². The van der Waals surface area contributed by atoms with E-state index in [0.717, 1.165) is 23.7 Å². The molecule has 0 bridgehead atoms. The lowest BCUT2D eigenvalue weighted by molar-refractivity contribution is 0.197. The first-order chi connectivity index (χ1) is 9.26. The van der Waals surface area contributed by atoms with Crippen LogP contribution in [-0.4, -0.2) is 30.2 Å². The van der Waals surface area contributed by atoms with Crippen LogP contribution in [0.4, 0.5) is 0 Å². The Labute approximate surface area is 121 Å². The molecule has 0 aliphatic heterocycles. The minimum absolute atomic E-state index is 0.0744. The van der Waals surface area contributed by atoms with Gasteiger partial charge in [0.2, 0.25) is 0 Å². The van der Waals surface area contributed by atoms with Crippen LogP contribution in [0.15, 0.2) is 10.9 Å². The van der Waals surface area contributed by atoms with E-state index in [2.05, 4.69) is 29.5 Å². The van der Waals surface area contributed by atoms with Crippen molar-refractivity contribution in [1.82, 2.24) is 15.3 Å². The van der Waals surface area contributed by atoms with Crippen molar-refractivity contribution >= 4 is 22.7 Å². The number of rotatable bonds is 7. The zero-order valence-corrected chi connectivity index (χ0v) is 13.1. The predicted molar refractivity (Wildman–Crippen MR) is 80.1 cm³/mol. The third-order valence-electron chi connectivity index (χ3n) is 2.89. The Morgan fingerprint density at radius 3 is 2.89 bits per heavy atom. The van der Waals surface area contributed by atoms with Gasteiger partial charge in [0, 0.05) is 23.9 Å². The van der Waals surface area contributed by atoms with Crippen molar-refractivity contribution in [3.05, 3.63) is 32.2 Å². The summed E-state index contributed by atoms with van der Waals surface area (Å²) < 4.78 is 5.10. The molecule has 0 spiro atoms. The average molecular weight is 297 g/mol. The van der Waals surface area contributed by atoms with E-state index in [-0.39, 0.29) is 6.04 Å². The van der Waals surface area contributed by atoms with Gasteiger partial charge in [0.15, 0.2) is 0 Å². The first-order valence-corrected chi connectivity index (χ1v) is 8.08. The molecule has 104 valence electrons. The van der Waals surface area contributed by atoms with Gasteiger partial charge >= 0.3 is 0 Å². The minimum Gasteiger partial charge on any atom is -0.383 e. The molecule has 0 fully saturated rings. The standard InChI is InChI=1S/C13H19N3OS2/c1-4-10-9(2)19-13(16-10)12(14-5-6-17-3)11-7-18-8-15-11/h7-8,12,14H,4-6H2,1-3H3. The van der Waals surface area contributed by atoms with E-state index in [1.807, 2.05) is 5.51 Å². The molecular weight excluding hydrogens is 278 g/mol. The topological polar surface area (TPSA) is 47.0 Å². The average Bonchev–Trinajstić information content (AvgIpc) is 3.04. The van der Waals surface area contributed by atoms with Crippen LogP contribution in [0.1, 0.15) is 34.2 Å². The van der Waals surface area contributed by atoms with Gasteiger partial charge in [-0.25, -0.2) is 9.97 Å². The Hall–Kier alpha value is -0.820. The summed E-state index contributed by atoms with van der Waals surface area (Å²) >= 11 is 3.37. The lowest BCUT2D eigenvalue weighted by Gasteiger charge is -2.14. The van der Waals surface area contributed by atoms with Gasteiger partial charge in [0.25, 0.3) is 0 Å². The highest BCUT2D eigenvalue weighted by atomic mass is 32.1. The van der Waals surface area contributed by atoms with Crippen LogP contribution in [0, 0.1) is 6.92 Å². The summed E-state index contributed by atoms with van der Waals surface area (Å²) in [7, 11) is 1.71. The summed E-state index contributed by atoms with van der Waals surface area (Å²) in [6, 6.07) is 0.0744. The molecule has 1 N–H and O–H groups in total. The predicted octanol–water partition coefficient (Wildman–Crippen LogP) is 2.80. The van der Waals surface area contributed by atoms with Crippen molar-refractivity contribution in [3.8, 4) is 0 Å². The van der Waals surface area contributed by atoms with Crippen LogP contribution in [-0.2, 0) is 11.2 Å². The van der Waals surface area contributed by atoms with Gasteiger partial charge < -0.3 is 10.1 Å². The van der Waals surface area contributed by atoms with Gasteiger partial charge in [-0.3, -0.25) is 0 Å². The number of methoxy groups -OCH3 is 1. The highest BCUT2D eigenvalue weighted by Crippen LogP contribution is 2.28. The molecule has 0 saturated carbocycles. The van der Waals surface area contributed by atoms with Crippen LogP contribution in [0.2, 0.25) is 0 Å². The van der Waals surface area contributed by atoms with E-state index < -0.39 is 0 Å². The second kappa shape index (κ2) is 7.09. The van der Waals surface area contributed by atoms with Gasteiger partial charge in [-0.2, -0.15) is 0 Å². The lowest BCUT2D eigenvalue weighted by atomic mass is 10.2. The molecule has 0 aliphatic carbocycles. The fourth-order valence-electron chi connectivity index (χ4n) is 1.89. The van der Waals surface area contributed by atoms with Gasteiger partial charge in [-0.1, -0.05) is 6.92 Å². The lowest BCUT2D eigenvalue weighted by Crippen LogP contribution is -2.26. The Morgan fingerprint density at radius 1 is 1.47 bits per heavy atom. The molecule has 2 heterocycles. The molecule has 6 heteroatoms. The summed E-state index contributed by atoms with van der Waals surface area (Å²) in [6.45, 7) is 5.75. The largest absolute Gasteiger partial charge is 0.383 e. The monoisotopic (exact) mass is 297 g/mol. The van der Waals surface area contributed by atoms with E-state index in [1.165, 1.54) is 10.6 Å². The molecule has 1 atom stereocenters. The van der Waals surface area contributed by atoms with Crippen molar-refractivity contribution in [3.63, 3.8) is 0 Å². The summed E-state index contributed by atoms with van der Waals surface area (Å²) in [6.07, 6.45) is 0.976. The number of nitrogens with zero attached hydrogens (tertiary/aromatic N) is 2. The first kappa shape index (κ1) is 14.6. The Morgan fingerprint density at radius 2 is 2.32 bits per heavy atom.